The van der Waals surface area contributed by atoms with Crippen molar-refractivity contribution < 1.29 is 19.1 Å². The van der Waals surface area contributed by atoms with Crippen LogP contribution in [0.4, 0.5) is 5.82 Å². The molecule has 1 aromatic carbocycles. The van der Waals surface area contributed by atoms with Crippen LogP contribution in [0.15, 0.2) is 24.4 Å². The average molecular weight is 348 g/mol. The number of nitrogens with one attached hydrogen (secondary N) is 2. The Morgan fingerprint density at radius 3 is 3.04 bits per heavy atom. The molecule has 0 fully saturated rings. The van der Waals surface area contributed by atoms with Crippen molar-refractivity contribution in [2.45, 2.75) is 5.25 Å². The number of primary amides is 1. The summed E-state index contributed by atoms with van der Waals surface area (Å²) in [6.07, 6.45) is 1.69. The van der Waals surface area contributed by atoms with E-state index in [9.17, 15) is 9.59 Å². The smallest absolute Gasteiger partial charge is 0.255 e. The van der Waals surface area contributed by atoms with Gasteiger partial charge in [-0.1, -0.05) is 6.07 Å². The first-order valence-corrected chi connectivity index (χ1v) is 8.17. The lowest BCUT2D eigenvalue weighted by Gasteiger charge is -2.17. The molecular weight excluding hydrogens is 332 g/mol. The molecule has 0 bridgehead atoms. The van der Waals surface area contributed by atoms with E-state index >= 15 is 0 Å². The van der Waals surface area contributed by atoms with Crippen LogP contribution in [0, 0.1) is 0 Å². The number of carbonyl (C=O) groups excluding carboxylic acids is 2. The van der Waals surface area contributed by atoms with Gasteiger partial charge in [0.2, 0.25) is 5.91 Å². The maximum atomic E-state index is 11.8. The Morgan fingerprint density at radius 2 is 2.29 bits per heavy atom. The number of nitrogens with two attached hydrogens (primary N) is 1. The van der Waals surface area contributed by atoms with E-state index in [1.54, 1.807) is 18.3 Å². The molecule has 0 aliphatic carbocycles. The standard InChI is InChI=1S/C15H16N4O4S/c1-22-10-3-2-8(4-11(10)23-6-12(16)20)14-9-5-17-19-15(9)18-13(21)7-24-14/h2-5,14H,6-7H2,1H3,(H2,16,20)(H2,17,18,19,21)/t14-/m1/s1. The van der Waals surface area contributed by atoms with Crippen LogP contribution in [0.2, 0.25) is 0 Å². The first kappa shape index (κ1) is 16.2. The van der Waals surface area contributed by atoms with E-state index in [1.165, 1.54) is 18.9 Å². The highest BCUT2D eigenvalue weighted by molar-refractivity contribution is 8.00. The summed E-state index contributed by atoms with van der Waals surface area (Å²) in [6, 6.07) is 5.43. The second-order valence-corrected chi connectivity index (χ2v) is 6.20. The summed E-state index contributed by atoms with van der Waals surface area (Å²) in [5.74, 6) is 1.16. The first-order valence-electron chi connectivity index (χ1n) is 7.12. The van der Waals surface area contributed by atoms with Crippen LogP contribution in [0.3, 0.4) is 0 Å². The van der Waals surface area contributed by atoms with Crippen LogP contribution in [0.5, 0.6) is 11.5 Å². The molecule has 0 spiro atoms. The van der Waals surface area contributed by atoms with Gasteiger partial charge >= 0.3 is 0 Å². The number of ether oxygens (including phenoxy) is 2. The summed E-state index contributed by atoms with van der Waals surface area (Å²) in [4.78, 5) is 22.8. The number of aromatic amines is 1. The summed E-state index contributed by atoms with van der Waals surface area (Å²) < 4.78 is 10.7. The Balaban J connectivity index is 1.96. The molecule has 3 rings (SSSR count). The predicted molar refractivity (Wildman–Crippen MR) is 89.2 cm³/mol. The van der Waals surface area contributed by atoms with E-state index in [-0.39, 0.29) is 17.8 Å². The van der Waals surface area contributed by atoms with Gasteiger partial charge in [-0.15, -0.1) is 11.8 Å². The molecule has 2 amide bonds. The molecule has 2 heterocycles. The minimum atomic E-state index is -0.571. The van der Waals surface area contributed by atoms with Crippen molar-refractivity contribution in [3.63, 3.8) is 0 Å². The largest absolute Gasteiger partial charge is 0.493 e. The Kier molecular flexibility index (Phi) is 4.61. The lowest BCUT2D eigenvalue weighted by Crippen LogP contribution is -2.20. The highest BCUT2D eigenvalue weighted by atomic mass is 32.2. The normalized spacial score (nSPS) is 16.7. The number of fused-ring (bicyclic) bond motifs is 1. The lowest BCUT2D eigenvalue weighted by atomic mass is 10.1. The molecule has 8 nitrogen and oxygen atoms in total. The third-order valence-electron chi connectivity index (χ3n) is 3.46. The van der Waals surface area contributed by atoms with E-state index in [1.807, 2.05) is 6.07 Å². The second kappa shape index (κ2) is 6.83. The van der Waals surface area contributed by atoms with Gasteiger partial charge in [0.1, 0.15) is 5.82 Å². The molecule has 24 heavy (non-hydrogen) atoms. The fourth-order valence-electron chi connectivity index (χ4n) is 2.41. The number of rotatable bonds is 5. The minimum Gasteiger partial charge on any atom is -0.493 e. The number of hydrogen-bond donors (Lipinski definition) is 3. The molecule has 126 valence electrons. The number of thioether (sulfide) groups is 1. The van der Waals surface area contributed by atoms with Crippen molar-refractivity contribution in [1.29, 1.82) is 0 Å². The van der Waals surface area contributed by atoms with E-state index in [0.29, 0.717) is 23.1 Å². The monoisotopic (exact) mass is 348 g/mol. The number of amides is 2. The van der Waals surface area contributed by atoms with Gasteiger partial charge in [-0.2, -0.15) is 5.10 Å². The third-order valence-corrected chi connectivity index (χ3v) is 4.75. The van der Waals surface area contributed by atoms with Gasteiger partial charge in [0, 0.05) is 5.56 Å². The number of benzene rings is 1. The van der Waals surface area contributed by atoms with Gasteiger partial charge in [-0.05, 0) is 17.7 Å². The number of aromatic nitrogens is 2. The fraction of sp³-hybridized carbons (Fsp3) is 0.267. The zero-order chi connectivity index (χ0) is 17.1. The van der Waals surface area contributed by atoms with E-state index < -0.39 is 5.91 Å². The summed E-state index contributed by atoms with van der Waals surface area (Å²) in [6.45, 7) is -0.241. The van der Waals surface area contributed by atoms with Crippen molar-refractivity contribution in [1.82, 2.24) is 10.2 Å². The summed E-state index contributed by atoms with van der Waals surface area (Å²) in [5.41, 5.74) is 6.91. The van der Waals surface area contributed by atoms with Gasteiger partial charge in [0.25, 0.3) is 5.91 Å². The molecule has 1 aliphatic rings. The minimum absolute atomic E-state index is 0.0910. The molecule has 0 saturated heterocycles. The van der Waals surface area contributed by atoms with Crippen LogP contribution in [0.25, 0.3) is 0 Å². The molecule has 1 atom stereocenters. The SMILES string of the molecule is COc1ccc([C@H]2SCC(=O)Nc3[nH]ncc32)cc1OCC(N)=O. The van der Waals surface area contributed by atoms with E-state index in [2.05, 4.69) is 15.5 Å². The topological polar surface area (TPSA) is 119 Å². The van der Waals surface area contributed by atoms with Crippen LogP contribution in [-0.4, -0.2) is 41.5 Å². The van der Waals surface area contributed by atoms with Crippen LogP contribution in [-0.2, 0) is 9.59 Å². The summed E-state index contributed by atoms with van der Waals surface area (Å²) in [5, 5.41) is 9.47. The van der Waals surface area contributed by atoms with Gasteiger partial charge < -0.3 is 20.5 Å². The van der Waals surface area contributed by atoms with Gasteiger partial charge in [-0.3, -0.25) is 14.7 Å². The number of carbonyl (C=O) groups is 2. The summed E-state index contributed by atoms with van der Waals surface area (Å²) in [7, 11) is 1.52. The van der Waals surface area contributed by atoms with E-state index in [4.69, 9.17) is 15.2 Å². The Morgan fingerprint density at radius 1 is 1.46 bits per heavy atom. The highest BCUT2D eigenvalue weighted by Gasteiger charge is 2.26. The maximum Gasteiger partial charge on any atom is 0.255 e. The molecule has 4 N–H and O–H groups in total. The number of methoxy groups -OCH3 is 1. The van der Waals surface area contributed by atoms with Crippen molar-refractivity contribution >= 4 is 29.4 Å². The molecule has 2 aromatic rings. The molecule has 1 aromatic heterocycles. The third kappa shape index (κ3) is 3.30. The highest BCUT2D eigenvalue weighted by Crippen LogP contribution is 2.42. The zero-order valence-corrected chi connectivity index (χ0v) is 13.7. The van der Waals surface area contributed by atoms with Gasteiger partial charge in [0.15, 0.2) is 18.1 Å². The molecular formula is C15H16N4O4S. The quantitative estimate of drug-likeness (QED) is 0.743. The molecule has 0 radical (unpaired) electrons. The fourth-order valence-corrected chi connectivity index (χ4v) is 3.50. The number of nitrogens with zero attached hydrogens (tertiary/aromatic N) is 1. The Hall–Kier alpha value is -2.68. The number of H-pyrrole nitrogens is 1. The molecule has 1 aliphatic heterocycles. The molecule has 0 saturated carbocycles. The summed E-state index contributed by atoms with van der Waals surface area (Å²) >= 11 is 1.48. The molecule has 0 unspecified atom stereocenters. The number of hydrogen-bond acceptors (Lipinski definition) is 6. The first-order chi connectivity index (χ1) is 11.6. The van der Waals surface area contributed by atoms with Crippen molar-refractivity contribution in [3.8, 4) is 11.5 Å². The van der Waals surface area contributed by atoms with Crippen LogP contribution >= 0.6 is 11.8 Å². The average Bonchev–Trinajstić information content (AvgIpc) is 2.94. The maximum absolute atomic E-state index is 11.8. The van der Waals surface area contributed by atoms with Crippen molar-refractivity contribution in [3.05, 3.63) is 35.5 Å². The van der Waals surface area contributed by atoms with Crippen molar-refractivity contribution in [2.75, 3.05) is 24.8 Å². The zero-order valence-electron chi connectivity index (χ0n) is 12.9. The van der Waals surface area contributed by atoms with Crippen LogP contribution < -0.4 is 20.5 Å². The van der Waals surface area contributed by atoms with Gasteiger partial charge in [-0.25, -0.2) is 0 Å². The van der Waals surface area contributed by atoms with Gasteiger partial charge in [0.05, 0.1) is 24.3 Å². The van der Waals surface area contributed by atoms with E-state index in [0.717, 1.165) is 11.1 Å². The Bertz CT molecular complexity index is 777. The predicted octanol–water partition coefficient (Wildman–Crippen LogP) is 1.06. The second-order valence-electron chi connectivity index (χ2n) is 5.10. The molecule has 9 heteroatoms. The van der Waals surface area contributed by atoms with Crippen molar-refractivity contribution in [2.24, 2.45) is 5.73 Å². The Labute approximate surface area is 142 Å². The lowest BCUT2D eigenvalue weighted by molar-refractivity contribution is -0.120. The number of anilines is 1. The van der Waals surface area contributed by atoms with Crippen LogP contribution in [0.1, 0.15) is 16.4 Å².